The summed E-state index contributed by atoms with van der Waals surface area (Å²) in [4.78, 5) is 0. The molecule has 0 saturated carbocycles. The molecule has 0 saturated heterocycles. The van der Waals surface area contributed by atoms with E-state index < -0.39 is 0 Å². The summed E-state index contributed by atoms with van der Waals surface area (Å²) in [6, 6.07) is 3.04. The third kappa shape index (κ3) is 2.95. The summed E-state index contributed by atoms with van der Waals surface area (Å²) >= 11 is 0. The first kappa shape index (κ1) is 7.32. The summed E-state index contributed by atoms with van der Waals surface area (Å²) in [7, 11) is 0. The summed E-state index contributed by atoms with van der Waals surface area (Å²) in [6.07, 6.45) is -0.146. The van der Waals surface area contributed by atoms with Crippen LogP contribution in [-0.2, 0) is 0 Å². The summed E-state index contributed by atoms with van der Waals surface area (Å²) in [6.45, 7) is 0. The fraction of sp³-hybridized carbons (Fsp3) is 0.200. The van der Waals surface area contributed by atoms with Gasteiger partial charge in [-0.2, -0.15) is 10.5 Å². The number of rotatable bonds is 2. The van der Waals surface area contributed by atoms with E-state index in [1.54, 1.807) is 0 Å². The molecule has 0 aromatic carbocycles. The van der Waals surface area contributed by atoms with Crippen LogP contribution in [-0.4, -0.2) is 11.4 Å². The molecule has 44 valence electrons. The van der Waals surface area contributed by atoms with E-state index in [0.717, 1.165) is 0 Å². The highest BCUT2D eigenvalue weighted by atomic mass is 14.5. The smallest absolute Gasteiger partial charge is 0.115 e. The van der Waals surface area contributed by atoms with Crippen molar-refractivity contribution in [1.82, 2.24) is 0 Å². The summed E-state index contributed by atoms with van der Waals surface area (Å²) in [5.41, 5.74) is -0.497. The Labute approximate surface area is 52.4 Å². The molecule has 4 heteroatoms. The van der Waals surface area contributed by atoms with Crippen molar-refractivity contribution in [2.45, 2.75) is 6.42 Å². The van der Waals surface area contributed by atoms with E-state index >= 15 is 0 Å². The van der Waals surface area contributed by atoms with Gasteiger partial charge in [0.25, 0.3) is 0 Å². The third-order valence-corrected chi connectivity index (χ3v) is 0.623. The Morgan fingerprint density at radius 3 is 1.67 bits per heavy atom. The monoisotopic (exact) mass is 120 g/mol. The predicted octanol–water partition coefficient (Wildman–Crippen LogP) is 0.463. The highest BCUT2D eigenvalue weighted by molar-refractivity contribution is 6.14. The van der Waals surface area contributed by atoms with E-state index in [-0.39, 0.29) is 17.8 Å². The molecule has 0 bridgehead atoms. The van der Waals surface area contributed by atoms with Gasteiger partial charge in [0.05, 0.1) is 6.42 Å². The van der Waals surface area contributed by atoms with Gasteiger partial charge in [0.1, 0.15) is 23.6 Å². The molecule has 0 radical (unpaired) electrons. The van der Waals surface area contributed by atoms with Gasteiger partial charge in [-0.05, 0) is 0 Å². The largest absolute Gasteiger partial charge is 0.294 e. The van der Waals surface area contributed by atoms with Crippen molar-refractivity contribution in [3.63, 3.8) is 0 Å². The maximum absolute atomic E-state index is 8.00. The molecular formula is C5H4N4. The van der Waals surface area contributed by atoms with E-state index in [1.807, 2.05) is 0 Å². The minimum Gasteiger partial charge on any atom is -0.294 e. The Hall–Kier alpha value is -1.68. The van der Waals surface area contributed by atoms with Gasteiger partial charge < -0.3 is 0 Å². The molecule has 4 nitrogen and oxygen atoms in total. The lowest BCUT2D eigenvalue weighted by molar-refractivity contribution is 1.36. The third-order valence-electron chi connectivity index (χ3n) is 0.623. The van der Waals surface area contributed by atoms with Crippen LogP contribution in [0.3, 0.4) is 0 Å². The van der Waals surface area contributed by atoms with Crippen molar-refractivity contribution >= 4 is 11.4 Å². The fourth-order valence-electron chi connectivity index (χ4n) is 0.256. The minimum absolute atomic E-state index is 0.146. The number of nitrogens with zero attached hydrogens (tertiary/aromatic N) is 2. The average molecular weight is 120 g/mol. The van der Waals surface area contributed by atoms with E-state index in [2.05, 4.69) is 0 Å². The van der Waals surface area contributed by atoms with Crippen LogP contribution in [0.5, 0.6) is 0 Å². The normalized spacial score (nSPS) is 6.89. The van der Waals surface area contributed by atoms with Crippen LogP contribution in [0, 0.1) is 33.5 Å². The van der Waals surface area contributed by atoms with Gasteiger partial charge in [-0.3, -0.25) is 10.8 Å². The van der Waals surface area contributed by atoms with Crippen molar-refractivity contribution in [1.29, 1.82) is 21.3 Å². The van der Waals surface area contributed by atoms with Crippen LogP contribution in [0.15, 0.2) is 0 Å². The molecule has 0 spiro atoms. The predicted molar refractivity (Wildman–Crippen MR) is 31.3 cm³/mol. The zero-order chi connectivity index (χ0) is 7.28. The van der Waals surface area contributed by atoms with Crippen LogP contribution in [0.2, 0.25) is 0 Å². The lowest BCUT2D eigenvalue weighted by Crippen LogP contribution is -2.00. The molecule has 0 rings (SSSR count). The zero-order valence-corrected chi connectivity index (χ0v) is 4.60. The molecule has 0 aromatic rings. The summed E-state index contributed by atoms with van der Waals surface area (Å²) < 4.78 is 0. The van der Waals surface area contributed by atoms with Gasteiger partial charge in [-0.15, -0.1) is 0 Å². The van der Waals surface area contributed by atoms with E-state index in [0.29, 0.717) is 0 Å². The van der Waals surface area contributed by atoms with Gasteiger partial charge in [0, 0.05) is 0 Å². The van der Waals surface area contributed by atoms with Gasteiger partial charge >= 0.3 is 0 Å². The van der Waals surface area contributed by atoms with E-state index in [4.69, 9.17) is 21.3 Å². The molecular weight excluding hydrogens is 116 g/mol. The Kier molecular flexibility index (Phi) is 2.72. The van der Waals surface area contributed by atoms with Gasteiger partial charge in [0.15, 0.2) is 0 Å². The fourth-order valence-corrected chi connectivity index (χ4v) is 0.256. The molecule has 9 heavy (non-hydrogen) atoms. The molecule has 0 aromatic heterocycles. The van der Waals surface area contributed by atoms with Crippen molar-refractivity contribution < 1.29 is 0 Å². The first-order chi connectivity index (χ1) is 4.20. The zero-order valence-electron chi connectivity index (χ0n) is 4.60. The lowest BCUT2D eigenvalue weighted by Gasteiger charge is -1.84. The SMILES string of the molecule is N#CC(=N)CC(=N)C#N. The molecule has 0 unspecified atom stereocenters. The van der Waals surface area contributed by atoms with Crippen molar-refractivity contribution in [3.05, 3.63) is 0 Å². The molecule has 0 aliphatic rings. The molecule has 0 aliphatic heterocycles. The lowest BCUT2D eigenvalue weighted by atomic mass is 10.2. The maximum atomic E-state index is 8.00. The van der Waals surface area contributed by atoms with Crippen LogP contribution in [0.25, 0.3) is 0 Å². The molecule has 0 atom stereocenters. The van der Waals surface area contributed by atoms with Crippen molar-refractivity contribution in [2.24, 2.45) is 0 Å². The topological polar surface area (TPSA) is 95.3 Å². The number of hydrogen-bond acceptors (Lipinski definition) is 4. The second-order valence-corrected chi connectivity index (χ2v) is 1.36. The first-order valence-corrected chi connectivity index (χ1v) is 2.15. The van der Waals surface area contributed by atoms with E-state index in [9.17, 15) is 0 Å². The second-order valence-electron chi connectivity index (χ2n) is 1.36. The number of nitrogens with one attached hydrogen (secondary N) is 2. The van der Waals surface area contributed by atoms with Crippen LogP contribution in [0.1, 0.15) is 6.42 Å². The molecule has 0 amide bonds. The highest BCUT2D eigenvalue weighted by Gasteiger charge is 1.97. The Bertz CT molecular complexity index is 190. The standard InChI is InChI=1S/C5H4N4/c6-2-4(8)1-5(9)3-7/h8-9H,1H2. The Morgan fingerprint density at radius 2 is 1.44 bits per heavy atom. The summed E-state index contributed by atoms with van der Waals surface area (Å²) in [5, 5.41) is 29.4. The van der Waals surface area contributed by atoms with Crippen LogP contribution < -0.4 is 0 Å². The Morgan fingerprint density at radius 1 is 1.11 bits per heavy atom. The molecule has 0 heterocycles. The quantitative estimate of drug-likeness (QED) is 0.518. The molecule has 0 aliphatic carbocycles. The number of nitriles is 2. The first-order valence-electron chi connectivity index (χ1n) is 2.15. The second kappa shape index (κ2) is 3.34. The Balaban J connectivity index is 3.82. The van der Waals surface area contributed by atoms with E-state index in [1.165, 1.54) is 12.1 Å². The molecule has 0 fully saturated rings. The van der Waals surface area contributed by atoms with Crippen molar-refractivity contribution in [3.8, 4) is 12.1 Å². The number of hydrogen-bond donors (Lipinski definition) is 2. The van der Waals surface area contributed by atoms with Gasteiger partial charge in [-0.25, -0.2) is 0 Å². The maximum Gasteiger partial charge on any atom is 0.115 e. The van der Waals surface area contributed by atoms with Gasteiger partial charge in [0.2, 0.25) is 0 Å². The van der Waals surface area contributed by atoms with Crippen LogP contribution in [0.4, 0.5) is 0 Å². The highest BCUT2D eigenvalue weighted by Crippen LogP contribution is 1.82. The molecule has 2 N–H and O–H groups in total. The summed E-state index contributed by atoms with van der Waals surface area (Å²) in [5.74, 6) is 0. The van der Waals surface area contributed by atoms with Gasteiger partial charge in [-0.1, -0.05) is 0 Å². The van der Waals surface area contributed by atoms with Crippen molar-refractivity contribution in [2.75, 3.05) is 0 Å². The average Bonchev–Trinajstić information content (AvgIpc) is 1.87. The minimum atomic E-state index is -0.249. The van der Waals surface area contributed by atoms with Crippen LogP contribution >= 0.6 is 0 Å².